The Morgan fingerprint density at radius 3 is 2.62 bits per heavy atom. The lowest BCUT2D eigenvalue weighted by Gasteiger charge is -2.05. The van der Waals surface area contributed by atoms with Crippen LogP contribution in [0.25, 0.3) is 0 Å². The molecule has 1 atom stereocenters. The van der Waals surface area contributed by atoms with Gasteiger partial charge in [0.15, 0.2) is 5.78 Å². The molecule has 0 radical (unpaired) electrons. The second-order valence-corrected chi connectivity index (χ2v) is 2.89. The fourth-order valence-corrected chi connectivity index (χ4v) is 1.04. The van der Waals surface area contributed by atoms with Crippen molar-refractivity contribution in [3.63, 3.8) is 0 Å². The van der Waals surface area contributed by atoms with E-state index in [4.69, 9.17) is 5.73 Å². The second-order valence-electron chi connectivity index (χ2n) is 2.53. The van der Waals surface area contributed by atoms with E-state index in [2.05, 4.69) is 12.6 Å². The third-order valence-electron chi connectivity index (χ3n) is 1.56. The molecule has 1 aliphatic rings. The molecule has 3 N–H and O–H groups in total. The highest BCUT2D eigenvalue weighted by atomic mass is 32.1. The van der Waals surface area contributed by atoms with Crippen molar-refractivity contribution in [2.45, 2.75) is 6.04 Å². The van der Waals surface area contributed by atoms with Gasteiger partial charge in [-0.2, -0.15) is 12.6 Å². The van der Waals surface area contributed by atoms with E-state index in [0.717, 1.165) is 6.08 Å². The van der Waals surface area contributed by atoms with Gasteiger partial charge in [0, 0.05) is 11.8 Å². The number of nitrogens with one attached hydrogen (secondary N) is 1. The van der Waals surface area contributed by atoms with Gasteiger partial charge in [-0.25, -0.2) is 0 Å². The summed E-state index contributed by atoms with van der Waals surface area (Å²) in [5.41, 5.74) is 5.16. The maximum atomic E-state index is 11.3. The highest BCUT2D eigenvalue weighted by molar-refractivity contribution is 7.80. The Balaban J connectivity index is 2.84. The van der Waals surface area contributed by atoms with Crippen LogP contribution in [-0.4, -0.2) is 29.4 Å². The maximum Gasteiger partial charge on any atom is 0.261 e. The number of ketones is 1. The number of carbonyl (C=O) groups is 3. The fourth-order valence-electron chi connectivity index (χ4n) is 0.878. The number of hydrogen-bond donors (Lipinski definition) is 3. The van der Waals surface area contributed by atoms with E-state index in [1.165, 1.54) is 0 Å². The number of imide groups is 1. The van der Waals surface area contributed by atoms with Crippen molar-refractivity contribution in [1.29, 1.82) is 0 Å². The Morgan fingerprint density at radius 1 is 1.62 bits per heavy atom. The molecular weight excluding hydrogens is 192 g/mol. The molecule has 70 valence electrons. The molecule has 0 fully saturated rings. The summed E-state index contributed by atoms with van der Waals surface area (Å²) in [5.74, 6) is -1.69. The standard InChI is InChI=1S/C7H8N2O3S/c8-4(2-13)6(11)3-1-5(10)9-7(3)12/h1,4,13H,2,8H2,(H,9,10,12)/t4-/m0/s1. The lowest BCUT2D eigenvalue weighted by Crippen LogP contribution is -2.36. The Kier molecular flexibility index (Phi) is 2.84. The predicted octanol–water partition coefficient (Wildman–Crippen LogP) is -1.60. The van der Waals surface area contributed by atoms with Gasteiger partial charge in [0.25, 0.3) is 11.8 Å². The molecule has 0 bridgehead atoms. The van der Waals surface area contributed by atoms with Crippen LogP contribution in [0.4, 0.5) is 0 Å². The summed E-state index contributed by atoms with van der Waals surface area (Å²) in [6, 6.07) is -0.841. The van der Waals surface area contributed by atoms with Crippen molar-refractivity contribution < 1.29 is 14.4 Å². The molecule has 0 aromatic carbocycles. The zero-order chi connectivity index (χ0) is 10.0. The summed E-state index contributed by atoms with van der Waals surface area (Å²) in [6.07, 6.45) is 0.952. The van der Waals surface area contributed by atoms with Crippen LogP contribution >= 0.6 is 12.6 Å². The quantitative estimate of drug-likeness (QED) is 0.290. The average molecular weight is 200 g/mol. The average Bonchev–Trinajstić information content (AvgIpc) is 2.42. The minimum absolute atomic E-state index is 0.137. The third-order valence-corrected chi connectivity index (χ3v) is 1.95. The van der Waals surface area contributed by atoms with E-state index < -0.39 is 23.6 Å². The van der Waals surface area contributed by atoms with Crippen molar-refractivity contribution in [1.82, 2.24) is 5.32 Å². The van der Waals surface area contributed by atoms with Crippen molar-refractivity contribution in [3.8, 4) is 0 Å². The molecule has 0 saturated carbocycles. The molecule has 5 nitrogen and oxygen atoms in total. The molecule has 6 heteroatoms. The lowest BCUT2D eigenvalue weighted by atomic mass is 10.1. The predicted molar refractivity (Wildman–Crippen MR) is 48.1 cm³/mol. The summed E-state index contributed by atoms with van der Waals surface area (Å²) in [5, 5.41) is 1.95. The van der Waals surface area contributed by atoms with Crippen LogP contribution in [0.1, 0.15) is 0 Å². The van der Waals surface area contributed by atoms with Crippen LogP contribution < -0.4 is 11.1 Å². The van der Waals surface area contributed by atoms with Gasteiger partial charge in [-0.15, -0.1) is 0 Å². The number of Topliss-reactive ketones (excluding diaryl/α,β-unsaturated/α-hetero) is 1. The highest BCUT2D eigenvalue weighted by Gasteiger charge is 2.29. The summed E-state index contributed by atoms with van der Waals surface area (Å²) >= 11 is 3.81. The molecule has 1 rings (SSSR count). The van der Waals surface area contributed by atoms with Gasteiger partial charge in [-0.1, -0.05) is 0 Å². The van der Waals surface area contributed by atoms with Crippen molar-refractivity contribution >= 4 is 30.2 Å². The normalized spacial score (nSPS) is 18.2. The summed E-state index contributed by atoms with van der Waals surface area (Å²) in [6.45, 7) is 0. The van der Waals surface area contributed by atoms with Crippen LogP contribution in [-0.2, 0) is 14.4 Å². The van der Waals surface area contributed by atoms with Crippen LogP contribution in [0.5, 0.6) is 0 Å². The molecule has 1 aliphatic heterocycles. The van der Waals surface area contributed by atoms with E-state index in [1.54, 1.807) is 0 Å². The van der Waals surface area contributed by atoms with E-state index in [0.29, 0.717) is 0 Å². The topological polar surface area (TPSA) is 89.3 Å². The number of thiol groups is 1. The molecule has 0 spiro atoms. The van der Waals surface area contributed by atoms with Crippen molar-refractivity contribution in [3.05, 3.63) is 11.6 Å². The molecule has 0 aromatic heterocycles. The monoisotopic (exact) mass is 200 g/mol. The van der Waals surface area contributed by atoms with Crippen LogP contribution in [0, 0.1) is 0 Å². The first-order valence-corrected chi connectivity index (χ1v) is 4.17. The Bertz CT molecular complexity index is 311. The number of nitrogens with two attached hydrogens (primary N) is 1. The third kappa shape index (κ3) is 1.96. The van der Waals surface area contributed by atoms with Gasteiger partial charge in [-0.05, 0) is 0 Å². The van der Waals surface area contributed by atoms with Crippen molar-refractivity contribution in [2.75, 3.05) is 5.75 Å². The SMILES string of the molecule is N[C@@H](CS)C(=O)C1=CC(=O)NC1=O. The molecule has 0 saturated heterocycles. The van der Waals surface area contributed by atoms with Gasteiger partial charge in [0.05, 0.1) is 11.6 Å². The van der Waals surface area contributed by atoms with Gasteiger partial charge in [0.1, 0.15) is 0 Å². The van der Waals surface area contributed by atoms with E-state index in [9.17, 15) is 14.4 Å². The molecule has 1 heterocycles. The summed E-state index contributed by atoms with van der Waals surface area (Å²) in [4.78, 5) is 32.9. The minimum atomic E-state index is -0.841. The summed E-state index contributed by atoms with van der Waals surface area (Å²) < 4.78 is 0. The van der Waals surface area contributed by atoms with Gasteiger partial charge in [0.2, 0.25) is 0 Å². The first-order chi connectivity index (χ1) is 6.06. The maximum absolute atomic E-state index is 11.3. The Morgan fingerprint density at radius 2 is 2.23 bits per heavy atom. The molecule has 0 unspecified atom stereocenters. The largest absolute Gasteiger partial charge is 0.321 e. The minimum Gasteiger partial charge on any atom is -0.321 e. The molecule has 13 heavy (non-hydrogen) atoms. The first-order valence-electron chi connectivity index (χ1n) is 3.54. The Hall–Kier alpha value is -1.14. The molecule has 0 aromatic rings. The van der Waals surface area contributed by atoms with Crippen LogP contribution in [0.15, 0.2) is 11.6 Å². The van der Waals surface area contributed by atoms with Crippen molar-refractivity contribution in [2.24, 2.45) is 5.73 Å². The van der Waals surface area contributed by atoms with Crippen LogP contribution in [0.3, 0.4) is 0 Å². The lowest BCUT2D eigenvalue weighted by molar-refractivity contribution is -0.125. The fraction of sp³-hybridized carbons (Fsp3) is 0.286. The number of hydrogen-bond acceptors (Lipinski definition) is 5. The Labute approximate surface area is 79.8 Å². The summed E-state index contributed by atoms with van der Waals surface area (Å²) in [7, 11) is 0. The van der Waals surface area contributed by atoms with Crippen LogP contribution in [0.2, 0.25) is 0 Å². The smallest absolute Gasteiger partial charge is 0.261 e. The van der Waals surface area contributed by atoms with Gasteiger partial charge in [-0.3, -0.25) is 19.7 Å². The first kappa shape index (κ1) is 9.94. The highest BCUT2D eigenvalue weighted by Crippen LogP contribution is 2.06. The zero-order valence-electron chi connectivity index (χ0n) is 6.61. The molecule has 2 amide bonds. The van der Waals surface area contributed by atoms with Gasteiger partial charge >= 0.3 is 0 Å². The van der Waals surface area contributed by atoms with Gasteiger partial charge < -0.3 is 5.73 Å². The van der Waals surface area contributed by atoms with E-state index >= 15 is 0 Å². The zero-order valence-corrected chi connectivity index (χ0v) is 7.51. The number of amides is 2. The molecular formula is C7H8N2O3S. The number of carbonyl (C=O) groups excluding carboxylic acids is 3. The van der Waals surface area contributed by atoms with E-state index in [-0.39, 0.29) is 11.3 Å². The molecule has 0 aliphatic carbocycles. The number of rotatable bonds is 3. The second kappa shape index (κ2) is 3.71. The van der Waals surface area contributed by atoms with E-state index in [1.807, 2.05) is 5.32 Å².